The van der Waals surface area contributed by atoms with Crippen molar-refractivity contribution in [2.24, 2.45) is 0 Å². The number of aromatic carboxylic acids is 1. The third-order valence-corrected chi connectivity index (χ3v) is 2.42. The molecular formula is C11H7BrO3. The molecule has 0 amide bonds. The van der Waals surface area contributed by atoms with Crippen LogP contribution in [0.5, 0.6) is 0 Å². The SMILES string of the molecule is O=C(O)c1ccc(-c2ccc(Br)o2)cc1. The minimum absolute atomic E-state index is 0.268. The molecule has 0 atom stereocenters. The van der Waals surface area contributed by atoms with E-state index in [0.29, 0.717) is 10.4 Å². The number of carbonyl (C=O) groups is 1. The maximum atomic E-state index is 10.6. The Morgan fingerprint density at radius 2 is 1.80 bits per heavy atom. The van der Waals surface area contributed by atoms with Crippen LogP contribution in [0.3, 0.4) is 0 Å². The van der Waals surface area contributed by atoms with E-state index in [4.69, 9.17) is 9.52 Å². The summed E-state index contributed by atoms with van der Waals surface area (Å²) < 4.78 is 5.99. The molecule has 0 aliphatic rings. The number of rotatable bonds is 2. The number of furan rings is 1. The summed E-state index contributed by atoms with van der Waals surface area (Å²) in [4.78, 5) is 10.6. The van der Waals surface area contributed by atoms with E-state index in [9.17, 15) is 4.79 Å². The second kappa shape index (κ2) is 3.90. The Bertz CT molecular complexity index is 485. The van der Waals surface area contributed by atoms with Gasteiger partial charge < -0.3 is 9.52 Å². The molecule has 0 unspecified atom stereocenters. The van der Waals surface area contributed by atoms with E-state index in [0.717, 1.165) is 5.56 Å². The zero-order valence-electron chi connectivity index (χ0n) is 7.61. The van der Waals surface area contributed by atoms with Crippen LogP contribution in [0.4, 0.5) is 0 Å². The van der Waals surface area contributed by atoms with Gasteiger partial charge in [0.25, 0.3) is 0 Å². The molecule has 1 aromatic carbocycles. The first-order valence-electron chi connectivity index (χ1n) is 4.26. The molecule has 0 bridgehead atoms. The van der Waals surface area contributed by atoms with Gasteiger partial charge in [-0.25, -0.2) is 4.79 Å². The molecule has 1 N–H and O–H groups in total. The molecule has 15 heavy (non-hydrogen) atoms. The molecule has 0 aliphatic heterocycles. The first-order valence-corrected chi connectivity index (χ1v) is 5.05. The summed E-state index contributed by atoms with van der Waals surface area (Å²) in [6.45, 7) is 0. The van der Waals surface area contributed by atoms with Crippen LogP contribution in [0, 0.1) is 0 Å². The Balaban J connectivity index is 2.35. The summed E-state index contributed by atoms with van der Waals surface area (Å²) in [7, 11) is 0. The molecule has 0 saturated carbocycles. The summed E-state index contributed by atoms with van der Waals surface area (Å²) in [6.07, 6.45) is 0. The standard InChI is InChI=1S/C11H7BrO3/c12-10-6-5-9(15-10)7-1-3-8(4-2-7)11(13)14/h1-6H,(H,13,14). The molecule has 0 spiro atoms. The van der Waals surface area contributed by atoms with Crippen LogP contribution < -0.4 is 0 Å². The van der Waals surface area contributed by atoms with E-state index in [1.165, 1.54) is 0 Å². The topological polar surface area (TPSA) is 50.4 Å². The van der Waals surface area contributed by atoms with E-state index >= 15 is 0 Å². The van der Waals surface area contributed by atoms with E-state index in [2.05, 4.69) is 15.9 Å². The van der Waals surface area contributed by atoms with Crippen molar-refractivity contribution in [1.82, 2.24) is 0 Å². The first-order chi connectivity index (χ1) is 7.16. The van der Waals surface area contributed by atoms with Crippen LogP contribution in [-0.2, 0) is 0 Å². The molecule has 0 fully saturated rings. The molecule has 0 saturated heterocycles. The summed E-state index contributed by atoms with van der Waals surface area (Å²) >= 11 is 3.21. The summed E-state index contributed by atoms with van der Waals surface area (Å²) in [6, 6.07) is 10.1. The van der Waals surface area contributed by atoms with Crippen molar-refractivity contribution < 1.29 is 14.3 Å². The fraction of sp³-hybridized carbons (Fsp3) is 0. The smallest absolute Gasteiger partial charge is 0.335 e. The summed E-state index contributed by atoms with van der Waals surface area (Å²) in [5.74, 6) is -0.221. The number of carboxylic acids is 1. The zero-order valence-corrected chi connectivity index (χ0v) is 9.19. The van der Waals surface area contributed by atoms with Gasteiger partial charge in [-0.1, -0.05) is 12.1 Å². The van der Waals surface area contributed by atoms with Gasteiger partial charge in [-0.15, -0.1) is 0 Å². The van der Waals surface area contributed by atoms with Gasteiger partial charge in [0.1, 0.15) is 5.76 Å². The van der Waals surface area contributed by atoms with Crippen LogP contribution in [-0.4, -0.2) is 11.1 Å². The maximum absolute atomic E-state index is 10.6. The summed E-state index contributed by atoms with van der Waals surface area (Å²) in [5.41, 5.74) is 1.12. The predicted molar refractivity (Wildman–Crippen MR) is 58.8 cm³/mol. The lowest BCUT2D eigenvalue weighted by Gasteiger charge is -1.97. The van der Waals surface area contributed by atoms with Gasteiger partial charge in [0.2, 0.25) is 0 Å². The van der Waals surface area contributed by atoms with E-state index in [-0.39, 0.29) is 5.56 Å². The van der Waals surface area contributed by atoms with E-state index in [1.807, 2.05) is 6.07 Å². The lowest BCUT2D eigenvalue weighted by molar-refractivity contribution is 0.0697. The maximum Gasteiger partial charge on any atom is 0.335 e. The minimum atomic E-state index is -0.929. The highest BCUT2D eigenvalue weighted by Crippen LogP contribution is 2.24. The molecular weight excluding hydrogens is 260 g/mol. The number of hydrogen-bond acceptors (Lipinski definition) is 2. The Labute approximate surface area is 94.5 Å². The number of carboxylic acid groups (broad SMARTS) is 1. The van der Waals surface area contributed by atoms with Crippen molar-refractivity contribution in [1.29, 1.82) is 0 Å². The van der Waals surface area contributed by atoms with Crippen LogP contribution in [0.2, 0.25) is 0 Å². The van der Waals surface area contributed by atoms with Gasteiger partial charge in [-0.05, 0) is 40.2 Å². The van der Waals surface area contributed by atoms with Crippen LogP contribution in [0.25, 0.3) is 11.3 Å². The largest absolute Gasteiger partial charge is 0.478 e. The highest BCUT2D eigenvalue weighted by Gasteiger charge is 2.05. The fourth-order valence-electron chi connectivity index (χ4n) is 1.25. The highest BCUT2D eigenvalue weighted by atomic mass is 79.9. The average Bonchev–Trinajstić information content (AvgIpc) is 2.65. The van der Waals surface area contributed by atoms with Crippen molar-refractivity contribution in [2.75, 3.05) is 0 Å². The van der Waals surface area contributed by atoms with Crippen molar-refractivity contribution in [3.05, 3.63) is 46.6 Å². The number of benzene rings is 1. The third kappa shape index (κ3) is 2.10. The normalized spacial score (nSPS) is 10.2. The first kappa shape index (κ1) is 9.98. The lowest BCUT2D eigenvalue weighted by Crippen LogP contribution is -1.94. The highest BCUT2D eigenvalue weighted by molar-refractivity contribution is 9.10. The van der Waals surface area contributed by atoms with Gasteiger partial charge in [0, 0.05) is 5.56 Å². The van der Waals surface area contributed by atoms with Crippen molar-refractivity contribution in [2.45, 2.75) is 0 Å². The molecule has 76 valence electrons. The van der Waals surface area contributed by atoms with Crippen LogP contribution >= 0.6 is 15.9 Å². The monoisotopic (exact) mass is 266 g/mol. The van der Waals surface area contributed by atoms with E-state index in [1.54, 1.807) is 30.3 Å². The van der Waals surface area contributed by atoms with Crippen molar-refractivity contribution in [3.8, 4) is 11.3 Å². The second-order valence-electron chi connectivity index (χ2n) is 2.99. The molecule has 1 aromatic heterocycles. The Morgan fingerprint density at radius 3 is 2.27 bits per heavy atom. The molecule has 2 aromatic rings. The van der Waals surface area contributed by atoms with E-state index < -0.39 is 5.97 Å². The molecule has 4 heteroatoms. The van der Waals surface area contributed by atoms with Gasteiger partial charge >= 0.3 is 5.97 Å². The zero-order chi connectivity index (χ0) is 10.8. The second-order valence-corrected chi connectivity index (χ2v) is 3.77. The van der Waals surface area contributed by atoms with Crippen molar-refractivity contribution >= 4 is 21.9 Å². The number of halogens is 1. The molecule has 2 rings (SSSR count). The van der Waals surface area contributed by atoms with Gasteiger partial charge in [-0.2, -0.15) is 0 Å². The average molecular weight is 267 g/mol. The van der Waals surface area contributed by atoms with Crippen molar-refractivity contribution in [3.63, 3.8) is 0 Å². The van der Waals surface area contributed by atoms with Gasteiger partial charge in [-0.3, -0.25) is 0 Å². The molecule has 0 aliphatic carbocycles. The van der Waals surface area contributed by atoms with Gasteiger partial charge in [0.15, 0.2) is 4.67 Å². The number of hydrogen-bond donors (Lipinski definition) is 1. The quantitative estimate of drug-likeness (QED) is 0.907. The lowest BCUT2D eigenvalue weighted by atomic mass is 10.1. The minimum Gasteiger partial charge on any atom is -0.478 e. The van der Waals surface area contributed by atoms with Crippen LogP contribution in [0.1, 0.15) is 10.4 Å². The Morgan fingerprint density at radius 1 is 1.13 bits per heavy atom. The third-order valence-electron chi connectivity index (χ3n) is 1.99. The van der Waals surface area contributed by atoms with Crippen LogP contribution in [0.15, 0.2) is 45.5 Å². The fourth-order valence-corrected chi connectivity index (χ4v) is 1.55. The Hall–Kier alpha value is -1.55. The molecule has 3 nitrogen and oxygen atoms in total. The summed E-state index contributed by atoms with van der Waals surface area (Å²) in [5, 5.41) is 8.72. The predicted octanol–water partition coefficient (Wildman–Crippen LogP) is 3.41. The molecule has 0 radical (unpaired) electrons. The van der Waals surface area contributed by atoms with Gasteiger partial charge in [0.05, 0.1) is 5.56 Å². The Kier molecular flexibility index (Phi) is 2.60. The molecule has 1 heterocycles.